The molecule has 0 aromatic heterocycles. The van der Waals surface area contributed by atoms with E-state index in [1.807, 2.05) is 13.8 Å². The predicted octanol–water partition coefficient (Wildman–Crippen LogP) is 3.59. The Labute approximate surface area is 94.6 Å². The first kappa shape index (κ1) is 16.7. The maximum absolute atomic E-state index is 10.8. The predicted molar refractivity (Wildman–Crippen MR) is 65.1 cm³/mol. The van der Waals surface area contributed by atoms with E-state index in [-0.39, 0.29) is 6.09 Å². The Morgan fingerprint density at radius 1 is 1.27 bits per heavy atom. The van der Waals surface area contributed by atoms with Crippen LogP contribution in [0.1, 0.15) is 53.9 Å². The Kier molecular flexibility index (Phi) is 14.8. The molecule has 0 rings (SSSR count). The molecule has 0 bridgehead atoms. The first-order chi connectivity index (χ1) is 7.16. The number of hydrogen-bond acceptors (Lipinski definition) is 2. The second-order valence-electron chi connectivity index (χ2n) is 3.54. The van der Waals surface area contributed by atoms with Crippen LogP contribution in [0.2, 0.25) is 0 Å². The summed E-state index contributed by atoms with van der Waals surface area (Å²) < 4.78 is 4.72. The molecule has 0 unspecified atom stereocenters. The average Bonchev–Trinajstić information content (AvgIpc) is 2.20. The lowest BCUT2D eigenvalue weighted by molar-refractivity contribution is 0.152. The van der Waals surface area contributed by atoms with Crippen molar-refractivity contribution in [3.05, 3.63) is 0 Å². The molecule has 0 heterocycles. The van der Waals surface area contributed by atoms with E-state index in [2.05, 4.69) is 19.2 Å². The van der Waals surface area contributed by atoms with Crippen LogP contribution in [-0.2, 0) is 4.74 Å². The molecule has 0 aliphatic rings. The Morgan fingerprint density at radius 3 is 2.33 bits per heavy atom. The fourth-order valence-corrected chi connectivity index (χ4v) is 1.05. The highest BCUT2D eigenvalue weighted by atomic mass is 16.5. The largest absolute Gasteiger partial charge is 0.450 e. The molecule has 1 N–H and O–H groups in total. The van der Waals surface area contributed by atoms with Gasteiger partial charge in [-0.05, 0) is 19.3 Å². The van der Waals surface area contributed by atoms with Gasteiger partial charge in [-0.3, -0.25) is 0 Å². The SMILES string of the molecule is CC.CCOC(=O)NCCCCC(C)C. The van der Waals surface area contributed by atoms with Crippen LogP contribution < -0.4 is 5.32 Å². The number of nitrogens with one attached hydrogen (secondary N) is 1. The van der Waals surface area contributed by atoms with Gasteiger partial charge in [-0.2, -0.15) is 0 Å². The molecule has 0 aliphatic heterocycles. The monoisotopic (exact) mass is 217 g/mol. The van der Waals surface area contributed by atoms with Gasteiger partial charge < -0.3 is 10.1 Å². The number of alkyl carbamates (subject to hydrolysis) is 1. The molecule has 0 aliphatic carbocycles. The molecular formula is C12H27NO2. The van der Waals surface area contributed by atoms with Gasteiger partial charge in [0.15, 0.2) is 0 Å². The van der Waals surface area contributed by atoms with Crippen LogP contribution >= 0.6 is 0 Å². The highest BCUT2D eigenvalue weighted by molar-refractivity contribution is 5.66. The van der Waals surface area contributed by atoms with Gasteiger partial charge in [0.2, 0.25) is 0 Å². The third-order valence-corrected chi connectivity index (χ3v) is 1.75. The molecule has 3 nitrogen and oxygen atoms in total. The zero-order valence-corrected chi connectivity index (χ0v) is 10.9. The zero-order chi connectivity index (χ0) is 12.1. The molecule has 0 aromatic rings. The number of ether oxygens (including phenoxy) is 1. The molecule has 1 amide bonds. The Morgan fingerprint density at radius 2 is 1.87 bits per heavy atom. The topological polar surface area (TPSA) is 38.3 Å². The van der Waals surface area contributed by atoms with Crippen LogP contribution in [0.3, 0.4) is 0 Å². The summed E-state index contributed by atoms with van der Waals surface area (Å²) in [7, 11) is 0. The van der Waals surface area contributed by atoms with Gasteiger partial charge in [-0.15, -0.1) is 0 Å². The van der Waals surface area contributed by atoms with Gasteiger partial charge in [0.1, 0.15) is 0 Å². The normalized spacial score (nSPS) is 9.20. The second kappa shape index (κ2) is 13.3. The summed E-state index contributed by atoms with van der Waals surface area (Å²) in [5.74, 6) is 0.752. The second-order valence-corrected chi connectivity index (χ2v) is 3.54. The summed E-state index contributed by atoms with van der Waals surface area (Å²) in [6.07, 6.45) is 3.14. The highest BCUT2D eigenvalue weighted by Gasteiger charge is 1.98. The van der Waals surface area contributed by atoms with Gasteiger partial charge in [-0.1, -0.05) is 40.5 Å². The fourth-order valence-electron chi connectivity index (χ4n) is 1.05. The quantitative estimate of drug-likeness (QED) is 0.690. The fraction of sp³-hybridized carbons (Fsp3) is 0.917. The minimum atomic E-state index is -0.299. The van der Waals surface area contributed by atoms with Crippen molar-refractivity contribution >= 4 is 6.09 Å². The molecule has 0 saturated heterocycles. The molecule has 92 valence electrons. The number of carbonyl (C=O) groups excluding carboxylic acids is 1. The first-order valence-corrected chi connectivity index (χ1v) is 6.07. The van der Waals surface area contributed by atoms with Crippen molar-refractivity contribution in [2.24, 2.45) is 5.92 Å². The van der Waals surface area contributed by atoms with Gasteiger partial charge in [-0.25, -0.2) is 4.79 Å². The summed E-state index contributed by atoms with van der Waals surface area (Å²) >= 11 is 0. The van der Waals surface area contributed by atoms with E-state index in [1.165, 1.54) is 12.8 Å². The van der Waals surface area contributed by atoms with E-state index < -0.39 is 0 Å². The van der Waals surface area contributed by atoms with E-state index in [4.69, 9.17) is 4.74 Å². The Balaban J connectivity index is 0. The number of carbonyl (C=O) groups is 1. The van der Waals surface area contributed by atoms with Crippen LogP contribution in [-0.4, -0.2) is 19.2 Å². The van der Waals surface area contributed by atoms with Gasteiger partial charge in [0, 0.05) is 6.54 Å². The Hall–Kier alpha value is -0.730. The summed E-state index contributed by atoms with van der Waals surface area (Å²) in [6, 6.07) is 0. The summed E-state index contributed by atoms with van der Waals surface area (Å²) in [5, 5.41) is 2.70. The van der Waals surface area contributed by atoms with Crippen molar-refractivity contribution < 1.29 is 9.53 Å². The van der Waals surface area contributed by atoms with E-state index in [1.54, 1.807) is 6.92 Å². The van der Waals surface area contributed by atoms with Crippen LogP contribution in [0.15, 0.2) is 0 Å². The lowest BCUT2D eigenvalue weighted by Crippen LogP contribution is -2.25. The third kappa shape index (κ3) is 16.0. The minimum Gasteiger partial charge on any atom is -0.450 e. The minimum absolute atomic E-state index is 0.299. The standard InChI is InChI=1S/C10H21NO2.C2H6/c1-4-13-10(12)11-8-6-5-7-9(2)3;1-2/h9H,4-8H2,1-3H3,(H,11,12);1-2H3. The molecule has 0 radical (unpaired) electrons. The lowest BCUT2D eigenvalue weighted by Gasteiger charge is -2.06. The average molecular weight is 217 g/mol. The summed E-state index contributed by atoms with van der Waals surface area (Å²) in [6.45, 7) is 11.4. The number of rotatable bonds is 6. The van der Waals surface area contributed by atoms with Crippen LogP contribution in [0.4, 0.5) is 4.79 Å². The number of unbranched alkanes of at least 4 members (excludes halogenated alkanes) is 1. The molecule has 15 heavy (non-hydrogen) atoms. The Bertz CT molecular complexity index is 136. The van der Waals surface area contributed by atoms with Crippen molar-refractivity contribution in [2.45, 2.75) is 53.9 Å². The van der Waals surface area contributed by atoms with Crippen LogP contribution in [0.25, 0.3) is 0 Å². The number of amides is 1. The van der Waals surface area contributed by atoms with Gasteiger partial charge in [0.25, 0.3) is 0 Å². The van der Waals surface area contributed by atoms with Crippen LogP contribution in [0, 0.1) is 5.92 Å². The van der Waals surface area contributed by atoms with Gasteiger partial charge in [0.05, 0.1) is 6.61 Å². The van der Waals surface area contributed by atoms with Crippen molar-refractivity contribution in [3.8, 4) is 0 Å². The maximum Gasteiger partial charge on any atom is 0.407 e. The summed E-state index contributed by atoms with van der Waals surface area (Å²) in [5.41, 5.74) is 0. The molecule has 0 spiro atoms. The maximum atomic E-state index is 10.8. The lowest BCUT2D eigenvalue weighted by atomic mass is 10.1. The van der Waals surface area contributed by atoms with Crippen molar-refractivity contribution in [1.29, 1.82) is 0 Å². The molecule has 0 saturated carbocycles. The number of hydrogen-bond donors (Lipinski definition) is 1. The van der Waals surface area contributed by atoms with Crippen molar-refractivity contribution in [3.63, 3.8) is 0 Å². The zero-order valence-electron chi connectivity index (χ0n) is 10.9. The van der Waals surface area contributed by atoms with E-state index >= 15 is 0 Å². The van der Waals surface area contributed by atoms with E-state index in [0.29, 0.717) is 6.61 Å². The van der Waals surface area contributed by atoms with Gasteiger partial charge >= 0.3 is 6.09 Å². The summed E-state index contributed by atoms with van der Waals surface area (Å²) in [4.78, 5) is 10.8. The van der Waals surface area contributed by atoms with E-state index in [0.717, 1.165) is 18.9 Å². The highest BCUT2D eigenvalue weighted by Crippen LogP contribution is 2.04. The third-order valence-electron chi connectivity index (χ3n) is 1.75. The molecule has 0 aromatic carbocycles. The van der Waals surface area contributed by atoms with Crippen molar-refractivity contribution in [2.75, 3.05) is 13.2 Å². The first-order valence-electron chi connectivity index (χ1n) is 6.07. The molecule has 0 atom stereocenters. The molecule has 3 heteroatoms. The molecule has 0 fully saturated rings. The van der Waals surface area contributed by atoms with E-state index in [9.17, 15) is 4.79 Å². The van der Waals surface area contributed by atoms with Crippen molar-refractivity contribution in [1.82, 2.24) is 5.32 Å². The smallest absolute Gasteiger partial charge is 0.407 e. The van der Waals surface area contributed by atoms with Crippen LogP contribution in [0.5, 0.6) is 0 Å². The molecular weight excluding hydrogens is 190 g/mol.